The molecule has 0 saturated carbocycles. The lowest BCUT2D eigenvalue weighted by molar-refractivity contribution is -0.139. The number of aryl methyl sites for hydroxylation is 1. The molecule has 1 heterocycles. The number of hydrogen-bond acceptors (Lipinski definition) is 6. The maximum absolute atomic E-state index is 11.8. The van der Waals surface area contributed by atoms with Crippen molar-refractivity contribution in [3.8, 4) is 11.5 Å². The first-order valence-corrected chi connectivity index (χ1v) is 10.1. The highest BCUT2D eigenvalue weighted by Gasteiger charge is 2.19. The van der Waals surface area contributed by atoms with Crippen molar-refractivity contribution in [2.24, 2.45) is 5.10 Å². The van der Waals surface area contributed by atoms with Gasteiger partial charge in [-0.25, -0.2) is 5.43 Å². The van der Waals surface area contributed by atoms with Crippen LogP contribution in [0.15, 0.2) is 47.6 Å². The van der Waals surface area contributed by atoms with E-state index in [1.165, 1.54) is 11.8 Å². The van der Waals surface area contributed by atoms with Gasteiger partial charge in [0.15, 0.2) is 11.5 Å². The van der Waals surface area contributed by atoms with E-state index in [1.54, 1.807) is 25.3 Å². The van der Waals surface area contributed by atoms with Gasteiger partial charge in [-0.2, -0.15) is 5.10 Å². The van der Waals surface area contributed by atoms with Crippen molar-refractivity contribution in [3.05, 3.63) is 59.2 Å². The van der Waals surface area contributed by atoms with Gasteiger partial charge >= 0.3 is 11.8 Å². The minimum absolute atomic E-state index is 0.0283. The van der Waals surface area contributed by atoms with Crippen LogP contribution in [0.3, 0.4) is 0 Å². The van der Waals surface area contributed by atoms with Crippen molar-refractivity contribution in [1.29, 1.82) is 0 Å². The quantitative estimate of drug-likeness (QED) is 0.384. The summed E-state index contributed by atoms with van der Waals surface area (Å²) in [5.41, 5.74) is 5.14. The Hall–Kier alpha value is -3.39. The summed E-state index contributed by atoms with van der Waals surface area (Å²) in [6, 6.07) is 13.4. The van der Waals surface area contributed by atoms with Gasteiger partial charge in [-0.3, -0.25) is 9.59 Å². The summed E-state index contributed by atoms with van der Waals surface area (Å²) >= 11 is 0. The van der Waals surface area contributed by atoms with Gasteiger partial charge in [0.05, 0.1) is 19.4 Å². The van der Waals surface area contributed by atoms with Crippen LogP contribution < -0.4 is 20.2 Å². The number of hydrogen-bond donors (Lipinski definition) is 2. The molecule has 2 amide bonds. The Labute approximate surface area is 181 Å². The van der Waals surface area contributed by atoms with Crippen molar-refractivity contribution in [2.45, 2.75) is 32.5 Å². The Morgan fingerprint density at radius 3 is 2.68 bits per heavy atom. The minimum Gasteiger partial charge on any atom is -0.493 e. The fourth-order valence-corrected chi connectivity index (χ4v) is 3.04. The van der Waals surface area contributed by atoms with E-state index >= 15 is 0 Å². The second-order valence-electron chi connectivity index (χ2n) is 7.23. The highest BCUT2D eigenvalue weighted by atomic mass is 16.5. The molecule has 0 spiro atoms. The molecule has 2 aromatic carbocycles. The molecule has 1 aliphatic rings. The normalized spacial score (nSPS) is 15.6. The molecule has 31 heavy (non-hydrogen) atoms. The number of hydrazone groups is 1. The van der Waals surface area contributed by atoms with Crippen LogP contribution in [0.2, 0.25) is 0 Å². The third kappa shape index (κ3) is 6.82. The molecular formula is C23H27N3O5. The Kier molecular flexibility index (Phi) is 8.00. The summed E-state index contributed by atoms with van der Waals surface area (Å²) in [6.07, 6.45) is 3.25. The topological polar surface area (TPSA) is 98.2 Å². The molecular weight excluding hydrogens is 398 g/mol. The lowest BCUT2D eigenvalue weighted by atomic mass is 10.2. The average Bonchev–Trinajstić information content (AvgIpc) is 3.31. The van der Waals surface area contributed by atoms with E-state index in [4.69, 9.17) is 14.2 Å². The van der Waals surface area contributed by atoms with Gasteiger partial charge in [0, 0.05) is 13.2 Å². The summed E-state index contributed by atoms with van der Waals surface area (Å²) in [7, 11) is 1.55. The second-order valence-corrected chi connectivity index (χ2v) is 7.23. The zero-order chi connectivity index (χ0) is 22.1. The van der Waals surface area contributed by atoms with Crippen LogP contribution in [0, 0.1) is 6.92 Å². The van der Waals surface area contributed by atoms with E-state index in [1.807, 2.05) is 31.2 Å². The second kappa shape index (κ2) is 11.1. The van der Waals surface area contributed by atoms with Crippen LogP contribution in [0.4, 0.5) is 0 Å². The van der Waals surface area contributed by atoms with Crippen LogP contribution in [-0.2, 0) is 20.9 Å². The van der Waals surface area contributed by atoms with E-state index in [9.17, 15) is 9.59 Å². The molecule has 3 rings (SSSR count). The van der Waals surface area contributed by atoms with Gasteiger partial charge in [0.1, 0.15) is 6.61 Å². The van der Waals surface area contributed by atoms with Crippen molar-refractivity contribution in [1.82, 2.24) is 10.7 Å². The molecule has 1 fully saturated rings. The maximum atomic E-state index is 11.8. The zero-order valence-electron chi connectivity index (χ0n) is 17.7. The Balaban J connectivity index is 1.50. The zero-order valence-corrected chi connectivity index (χ0v) is 17.7. The minimum atomic E-state index is -0.834. The summed E-state index contributed by atoms with van der Waals surface area (Å²) in [5.74, 6) is -0.446. The molecule has 0 unspecified atom stereocenters. The number of carbonyl (C=O) groups excluding carboxylic acids is 2. The summed E-state index contributed by atoms with van der Waals surface area (Å²) in [5, 5.41) is 6.38. The van der Waals surface area contributed by atoms with Crippen LogP contribution in [-0.4, -0.2) is 44.4 Å². The predicted molar refractivity (Wildman–Crippen MR) is 116 cm³/mol. The first kappa shape index (κ1) is 22.3. The molecule has 1 aliphatic heterocycles. The fraction of sp³-hybridized carbons (Fsp3) is 0.348. The summed E-state index contributed by atoms with van der Waals surface area (Å²) in [4.78, 5) is 23.6. The van der Waals surface area contributed by atoms with Crippen molar-refractivity contribution in [2.75, 3.05) is 20.3 Å². The van der Waals surface area contributed by atoms with Gasteiger partial charge in [-0.05, 0) is 49.1 Å². The monoisotopic (exact) mass is 425 g/mol. The Morgan fingerprint density at radius 2 is 1.97 bits per heavy atom. The molecule has 1 saturated heterocycles. The maximum Gasteiger partial charge on any atom is 0.329 e. The molecule has 0 aromatic heterocycles. The lowest BCUT2D eigenvalue weighted by Gasteiger charge is -2.11. The fourth-order valence-electron chi connectivity index (χ4n) is 3.04. The number of benzene rings is 2. The number of amides is 2. The molecule has 0 bridgehead atoms. The van der Waals surface area contributed by atoms with Crippen molar-refractivity contribution >= 4 is 18.0 Å². The molecule has 2 aromatic rings. The summed E-state index contributed by atoms with van der Waals surface area (Å²) in [6.45, 7) is 3.46. The molecule has 8 heteroatoms. The largest absolute Gasteiger partial charge is 0.493 e. The first-order valence-electron chi connectivity index (χ1n) is 10.1. The SMILES string of the molecule is COc1cc(/C=N\NC(=O)C(=O)NC[C@@H]2CCCO2)ccc1OCc1ccc(C)cc1. The standard InChI is InChI=1S/C23H27N3O5/c1-16-5-7-17(8-6-16)15-31-20-10-9-18(12-21(20)29-2)13-25-26-23(28)22(27)24-14-19-4-3-11-30-19/h5-10,12-13,19H,3-4,11,14-15H2,1-2H3,(H,24,27)(H,26,28)/b25-13-/t19-/m0/s1. The molecule has 2 N–H and O–H groups in total. The molecule has 0 radical (unpaired) electrons. The van der Waals surface area contributed by atoms with E-state index in [-0.39, 0.29) is 6.10 Å². The van der Waals surface area contributed by atoms with E-state index in [2.05, 4.69) is 15.8 Å². The number of nitrogens with zero attached hydrogens (tertiary/aromatic N) is 1. The third-order valence-corrected chi connectivity index (χ3v) is 4.80. The summed E-state index contributed by atoms with van der Waals surface area (Å²) < 4.78 is 16.6. The Bertz CT molecular complexity index is 921. The Morgan fingerprint density at radius 1 is 1.16 bits per heavy atom. The number of ether oxygens (including phenoxy) is 3. The number of methoxy groups -OCH3 is 1. The average molecular weight is 425 g/mol. The molecule has 0 aliphatic carbocycles. The number of carbonyl (C=O) groups is 2. The number of nitrogens with one attached hydrogen (secondary N) is 2. The highest BCUT2D eigenvalue weighted by Crippen LogP contribution is 2.28. The van der Waals surface area contributed by atoms with E-state index in [0.717, 1.165) is 18.4 Å². The van der Waals surface area contributed by atoms with Crippen molar-refractivity contribution < 1.29 is 23.8 Å². The van der Waals surface area contributed by atoms with Gasteiger partial charge in [0.2, 0.25) is 0 Å². The molecule has 8 nitrogen and oxygen atoms in total. The molecule has 164 valence electrons. The van der Waals surface area contributed by atoms with Gasteiger partial charge < -0.3 is 19.5 Å². The van der Waals surface area contributed by atoms with Crippen LogP contribution in [0.1, 0.15) is 29.5 Å². The lowest BCUT2D eigenvalue weighted by Crippen LogP contribution is -2.41. The first-order chi connectivity index (χ1) is 15.0. The predicted octanol–water partition coefficient (Wildman–Crippen LogP) is 2.33. The van der Waals surface area contributed by atoms with Crippen LogP contribution in [0.5, 0.6) is 11.5 Å². The third-order valence-electron chi connectivity index (χ3n) is 4.80. The van der Waals surface area contributed by atoms with Gasteiger partial charge in [-0.15, -0.1) is 0 Å². The van der Waals surface area contributed by atoms with Crippen LogP contribution >= 0.6 is 0 Å². The number of rotatable bonds is 8. The van der Waals surface area contributed by atoms with E-state index in [0.29, 0.717) is 36.8 Å². The van der Waals surface area contributed by atoms with Crippen molar-refractivity contribution in [3.63, 3.8) is 0 Å². The van der Waals surface area contributed by atoms with Gasteiger partial charge in [-0.1, -0.05) is 29.8 Å². The molecule has 1 atom stereocenters. The smallest absolute Gasteiger partial charge is 0.329 e. The van der Waals surface area contributed by atoms with Gasteiger partial charge in [0.25, 0.3) is 0 Å². The van der Waals surface area contributed by atoms with Crippen LogP contribution in [0.25, 0.3) is 0 Å². The van der Waals surface area contributed by atoms with E-state index < -0.39 is 11.8 Å². The highest BCUT2D eigenvalue weighted by molar-refractivity contribution is 6.35.